The fraction of sp³-hybridized carbons (Fsp3) is 1.00. The Hall–Kier alpha value is -0.0800. The Morgan fingerprint density at radius 2 is 1.00 bits per heavy atom. The summed E-state index contributed by atoms with van der Waals surface area (Å²) < 4.78 is 0. The smallest absolute Gasteiger partial charge is 0.0154 e. The molecule has 28 heavy (non-hydrogen) atoms. The highest BCUT2D eigenvalue weighted by Crippen LogP contribution is 2.47. The van der Waals surface area contributed by atoms with Gasteiger partial charge in [-0.15, -0.1) is 0 Å². The zero-order chi connectivity index (χ0) is 21.4. The summed E-state index contributed by atoms with van der Waals surface area (Å²) in [6.07, 6.45) is 8.46. The van der Waals surface area contributed by atoms with Gasteiger partial charge in [0.1, 0.15) is 0 Å². The molecule has 2 nitrogen and oxygen atoms in total. The molecule has 0 radical (unpaired) electrons. The maximum absolute atomic E-state index is 2.77. The van der Waals surface area contributed by atoms with Crippen LogP contribution < -0.4 is 0 Å². The monoisotopic (exact) mass is 392 g/mol. The Bertz CT molecular complexity index is 430. The van der Waals surface area contributed by atoms with Gasteiger partial charge in [-0.3, -0.25) is 9.80 Å². The Morgan fingerprint density at radius 1 is 0.571 bits per heavy atom. The van der Waals surface area contributed by atoms with E-state index in [9.17, 15) is 0 Å². The average molecular weight is 393 g/mol. The van der Waals surface area contributed by atoms with E-state index >= 15 is 0 Å². The SMILES string of the molecule is CC(C)(C)C1CCC(C(C)(C)CCC(C)(C)N2CCN(C(C)(C)C)CC2)CC1. The second-order valence-corrected chi connectivity index (χ2v) is 13.4. The molecule has 2 heteroatoms. The Balaban J connectivity index is 1.85. The minimum atomic E-state index is 0.310. The normalized spacial score (nSPS) is 27.2. The molecule has 0 aromatic rings. The number of rotatable bonds is 5. The van der Waals surface area contributed by atoms with Crippen molar-refractivity contribution in [3.05, 3.63) is 0 Å². The third-order valence-corrected chi connectivity index (χ3v) is 8.52. The van der Waals surface area contributed by atoms with Gasteiger partial charge in [0.25, 0.3) is 0 Å². The maximum atomic E-state index is 2.77. The van der Waals surface area contributed by atoms with Crippen LogP contribution in [-0.2, 0) is 0 Å². The van der Waals surface area contributed by atoms with Gasteiger partial charge in [-0.05, 0) is 95.8 Å². The van der Waals surface area contributed by atoms with Crippen LogP contribution in [-0.4, -0.2) is 47.1 Å². The highest BCUT2D eigenvalue weighted by molar-refractivity contribution is 4.92. The van der Waals surface area contributed by atoms with Crippen molar-refractivity contribution >= 4 is 0 Å². The first-order chi connectivity index (χ1) is 12.6. The van der Waals surface area contributed by atoms with Crippen molar-refractivity contribution in [1.29, 1.82) is 0 Å². The van der Waals surface area contributed by atoms with Crippen molar-refractivity contribution in [2.45, 2.75) is 119 Å². The molecule has 166 valence electrons. The maximum Gasteiger partial charge on any atom is 0.0154 e. The van der Waals surface area contributed by atoms with Crippen LogP contribution >= 0.6 is 0 Å². The van der Waals surface area contributed by atoms with Crippen molar-refractivity contribution in [1.82, 2.24) is 9.80 Å². The number of nitrogens with zero attached hydrogens (tertiary/aromatic N) is 2. The first kappa shape index (κ1) is 24.2. The molecule has 0 unspecified atom stereocenters. The van der Waals surface area contributed by atoms with E-state index in [2.05, 4.69) is 79.0 Å². The van der Waals surface area contributed by atoms with E-state index in [4.69, 9.17) is 0 Å². The lowest BCUT2D eigenvalue weighted by Crippen LogP contribution is -2.58. The molecular weight excluding hydrogens is 340 g/mol. The van der Waals surface area contributed by atoms with Gasteiger partial charge in [0.15, 0.2) is 0 Å². The predicted molar refractivity (Wildman–Crippen MR) is 125 cm³/mol. The molecule has 0 amide bonds. The van der Waals surface area contributed by atoms with Gasteiger partial charge in [0, 0.05) is 37.3 Å². The molecular formula is C26H52N2. The molecule has 1 heterocycles. The zero-order valence-electron chi connectivity index (χ0n) is 21.1. The quantitative estimate of drug-likeness (QED) is 0.505. The van der Waals surface area contributed by atoms with Gasteiger partial charge >= 0.3 is 0 Å². The molecule has 0 spiro atoms. The summed E-state index contributed by atoms with van der Waals surface area (Å²) in [6.45, 7) is 29.3. The van der Waals surface area contributed by atoms with Crippen LogP contribution in [0.15, 0.2) is 0 Å². The molecule has 1 saturated carbocycles. The summed E-state index contributed by atoms with van der Waals surface area (Å²) in [4.78, 5) is 5.42. The van der Waals surface area contributed by atoms with E-state index < -0.39 is 0 Å². The first-order valence-corrected chi connectivity index (χ1v) is 12.1. The molecule has 0 aromatic heterocycles. The van der Waals surface area contributed by atoms with Crippen LogP contribution in [0.4, 0.5) is 0 Å². The molecule has 2 fully saturated rings. The van der Waals surface area contributed by atoms with Crippen LogP contribution in [0.2, 0.25) is 0 Å². The van der Waals surface area contributed by atoms with E-state index in [0.717, 1.165) is 11.8 Å². The summed E-state index contributed by atoms with van der Waals surface area (Å²) >= 11 is 0. The van der Waals surface area contributed by atoms with Crippen LogP contribution in [0.1, 0.15) is 108 Å². The number of hydrogen-bond donors (Lipinski definition) is 0. The topological polar surface area (TPSA) is 6.48 Å². The Labute approximate surface area is 177 Å². The van der Waals surface area contributed by atoms with E-state index in [1.807, 2.05) is 0 Å². The van der Waals surface area contributed by atoms with E-state index in [1.54, 1.807) is 0 Å². The summed E-state index contributed by atoms with van der Waals surface area (Å²) in [5.74, 6) is 1.84. The molecule has 1 aliphatic heterocycles. The van der Waals surface area contributed by atoms with Crippen molar-refractivity contribution in [2.24, 2.45) is 22.7 Å². The van der Waals surface area contributed by atoms with E-state index in [1.165, 1.54) is 64.7 Å². The van der Waals surface area contributed by atoms with E-state index in [-0.39, 0.29) is 0 Å². The van der Waals surface area contributed by atoms with Crippen molar-refractivity contribution in [3.63, 3.8) is 0 Å². The molecule has 0 N–H and O–H groups in total. The van der Waals surface area contributed by atoms with Crippen molar-refractivity contribution < 1.29 is 0 Å². The molecule has 0 atom stereocenters. The van der Waals surface area contributed by atoms with Crippen LogP contribution in [0.3, 0.4) is 0 Å². The molecule has 0 aromatic carbocycles. The van der Waals surface area contributed by atoms with Crippen LogP contribution in [0, 0.1) is 22.7 Å². The summed E-state index contributed by atoms with van der Waals surface area (Å²) in [7, 11) is 0. The first-order valence-electron chi connectivity index (χ1n) is 12.1. The highest BCUT2D eigenvalue weighted by atomic mass is 15.3. The lowest BCUT2D eigenvalue weighted by atomic mass is 9.62. The standard InChI is InChI=1S/C26H52N2/c1-23(2,3)21-11-13-22(14-12-21)25(7,8)15-16-26(9,10)28-19-17-27(18-20-28)24(4,5)6/h21-22H,11-20H2,1-10H3. The lowest BCUT2D eigenvalue weighted by molar-refractivity contribution is 0.00174. The lowest BCUT2D eigenvalue weighted by Gasteiger charge is -2.49. The molecule has 1 aliphatic carbocycles. The number of hydrogen-bond acceptors (Lipinski definition) is 2. The molecule has 0 bridgehead atoms. The molecule has 2 aliphatic rings. The summed E-state index contributed by atoms with van der Waals surface area (Å²) in [6, 6.07) is 0. The molecule has 1 saturated heterocycles. The average Bonchev–Trinajstić information content (AvgIpc) is 2.59. The predicted octanol–water partition coefficient (Wildman–Crippen LogP) is 6.84. The second kappa shape index (κ2) is 8.58. The molecule has 2 rings (SSSR count). The van der Waals surface area contributed by atoms with Gasteiger partial charge in [-0.2, -0.15) is 0 Å². The largest absolute Gasteiger partial charge is 0.296 e. The van der Waals surface area contributed by atoms with Crippen LogP contribution in [0.5, 0.6) is 0 Å². The minimum Gasteiger partial charge on any atom is -0.296 e. The van der Waals surface area contributed by atoms with Gasteiger partial charge in [0.2, 0.25) is 0 Å². The van der Waals surface area contributed by atoms with Crippen molar-refractivity contribution in [2.75, 3.05) is 26.2 Å². The van der Waals surface area contributed by atoms with Gasteiger partial charge in [0.05, 0.1) is 0 Å². The fourth-order valence-corrected chi connectivity index (χ4v) is 5.71. The van der Waals surface area contributed by atoms with E-state index in [0.29, 0.717) is 21.9 Å². The zero-order valence-corrected chi connectivity index (χ0v) is 21.1. The minimum absolute atomic E-state index is 0.310. The van der Waals surface area contributed by atoms with Gasteiger partial charge < -0.3 is 0 Å². The van der Waals surface area contributed by atoms with Crippen LogP contribution in [0.25, 0.3) is 0 Å². The summed E-state index contributed by atoms with van der Waals surface area (Å²) in [5.41, 5.74) is 1.60. The van der Waals surface area contributed by atoms with Gasteiger partial charge in [-0.25, -0.2) is 0 Å². The Morgan fingerprint density at radius 3 is 1.43 bits per heavy atom. The third-order valence-electron chi connectivity index (χ3n) is 8.52. The van der Waals surface area contributed by atoms with Crippen molar-refractivity contribution in [3.8, 4) is 0 Å². The van der Waals surface area contributed by atoms with Gasteiger partial charge in [-0.1, -0.05) is 34.6 Å². The second-order valence-electron chi connectivity index (χ2n) is 13.4. The Kier molecular flexibility index (Phi) is 7.41. The summed E-state index contributed by atoms with van der Waals surface area (Å²) in [5, 5.41) is 0. The fourth-order valence-electron chi connectivity index (χ4n) is 5.71. The third kappa shape index (κ3) is 6.21. The highest BCUT2D eigenvalue weighted by Gasteiger charge is 2.39. The number of piperazine rings is 1.